The summed E-state index contributed by atoms with van der Waals surface area (Å²) in [5.74, 6) is -0.857. The van der Waals surface area contributed by atoms with Gasteiger partial charge in [0, 0.05) is 27.1 Å². The number of esters is 1. The maximum atomic E-state index is 12.7. The van der Waals surface area contributed by atoms with Crippen LogP contribution in [0.25, 0.3) is 17.2 Å². The zero-order valence-electron chi connectivity index (χ0n) is 17.1. The number of benzene rings is 2. The van der Waals surface area contributed by atoms with Crippen molar-refractivity contribution in [3.63, 3.8) is 0 Å². The van der Waals surface area contributed by atoms with Crippen LogP contribution in [0.15, 0.2) is 53.9 Å². The third-order valence-electron chi connectivity index (χ3n) is 4.56. The molecule has 3 rings (SSSR count). The molecule has 0 saturated carbocycles. The Kier molecular flexibility index (Phi) is 7.91. The Hall–Kier alpha value is -2.60. The van der Waals surface area contributed by atoms with E-state index >= 15 is 0 Å². The van der Waals surface area contributed by atoms with Gasteiger partial charge >= 0.3 is 5.97 Å². The summed E-state index contributed by atoms with van der Waals surface area (Å²) in [6.07, 6.45) is 3.88. The molecule has 7 heteroatoms. The molecular formula is C24H21Cl2NO3S. The highest BCUT2D eigenvalue weighted by Crippen LogP contribution is 2.36. The average molecular weight is 474 g/mol. The summed E-state index contributed by atoms with van der Waals surface area (Å²) in [7, 11) is 0. The van der Waals surface area contributed by atoms with Crippen LogP contribution in [0.3, 0.4) is 0 Å². The first kappa shape index (κ1) is 23.1. The molecule has 0 aliphatic heterocycles. The van der Waals surface area contributed by atoms with E-state index in [4.69, 9.17) is 27.9 Å². The van der Waals surface area contributed by atoms with E-state index in [-0.39, 0.29) is 12.5 Å². The molecule has 0 atom stereocenters. The van der Waals surface area contributed by atoms with Crippen molar-refractivity contribution >= 4 is 57.5 Å². The van der Waals surface area contributed by atoms with Crippen LogP contribution in [-0.4, -0.2) is 18.5 Å². The Balaban J connectivity index is 1.87. The lowest BCUT2D eigenvalue weighted by atomic mass is 10.0. The molecule has 0 saturated heterocycles. The summed E-state index contributed by atoms with van der Waals surface area (Å²) >= 11 is 13.3. The van der Waals surface area contributed by atoms with E-state index in [1.165, 1.54) is 23.0 Å². The molecule has 31 heavy (non-hydrogen) atoms. The van der Waals surface area contributed by atoms with Gasteiger partial charge in [0.2, 0.25) is 5.91 Å². The third kappa shape index (κ3) is 5.76. The molecule has 0 spiro atoms. The van der Waals surface area contributed by atoms with Crippen LogP contribution in [0.1, 0.15) is 35.3 Å². The summed E-state index contributed by atoms with van der Waals surface area (Å²) in [5, 5.41) is 6.03. The van der Waals surface area contributed by atoms with Gasteiger partial charge in [-0.25, -0.2) is 4.79 Å². The molecule has 0 bridgehead atoms. The van der Waals surface area contributed by atoms with Crippen molar-refractivity contribution < 1.29 is 14.3 Å². The van der Waals surface area contributed by atoms with E-state index in [2.05, 4.69) is 12.2 Å². The van der Waals surface area contributed by atoms with Crippen molar-refractivity contribution in [3.05, 3.63) is 80.7 Å². The summed E-state index contributed by atoms with van der Waals surface area (Å²) < 4.78 is 5.24. The zero-order chi connectivity index (χ0) is 22.4. The minimum absolute atomic E-state index is 0.241. The van der Waals surface area contributed by atoms with Crippen LogP contribution in [0, 0.1) is 0 Å². The van der Waals surface area contributed by atoms with Gasteiger partial charge < -0.3 is 10.1 Å². The predicted octanol–water partition coefficient (Wildman–Crippen LogP) is 7.11. The molecule has 1 heterocycles. The van der Waals surface area contributed by atoms with E-state index in [1.807, 2.05) is 29.6 Å². The Bertz CT molecular complexity index is 1120. The number of rotatable bonds is 7. The molecule has 0 aliphatic carbocycles. The Morgan fingerprint density at radius 1 is 1.10 bits per heavy atom. The molecule has 0 radical (unpaired) electrons. The Labute approximate surface area is 195 Å². The number of halogens is 2. The lowest BCUT2D eigenvalue weighted by molar-refractivity contribution is -0.111. The van der Waals surface area contributed by atoms with Crippen molar-refractivity contribution in [2.24, 2.45) is 0 Å². The largest absolute Gasteiger partial charge is 0.462 e. The lowest BCUT2D eigenvalue weighted by Crippen LogP contribution is -2.12. The van der Waals surface area contributed by atoms with Gasteiger partial charge in [-0.15, -0.1) is 11.3 Å². The second-order valence-electron chi connectivity index (χ2n) is 6.61. The van der Waals surface area contributed by atoms with Crippen molar-refractivity contribution in [2.75, 3.05) is 11.9 Å². The number of amides is 1. The molecule has 4 nitrogen and oxygen atoms in total. The quantitative estimate of drug-likeness (QED) is 0.293. The van der Waals surface area contributed by atoms with Gasteiger partial charge in [-0.1, -0.05) is 60.5 Å². The highest BCUT2D eigenvalue weighted by atomic mass is 35.5. The summed E-state index contributed by atoms with van der Waals surface area (Å²) in [6, 6.07) is 13.0. The first-order valence-electron chi connectivity index (χ1n) is 9.75. The summed E-state index contributed by atoms with van der Waals surface area (Å²) in [5.41, 5.74) is 3.83. The van der Waals surface area contributed by atoms with Gasteiger partial charge in [0.1, 0.15) is 10.6 Å². The first-order valence-corrected chi connectivity index (χ1v) is 11.4. The number of hydrogen-bond acceptors (Lipinski definition) is 4. The third-order valence-corrected chi connectivity index (χ3v) is 6.02. The number of nitrogens with one attached hydrogen (secondary N) is 1. The Morgan fingerprint density at radius 3 is 2.48 bits per heavy atom. The number of ether oxygens (including phenoxy) is 1. The molecule has 0 aliphatic rings. The van der Waals surface area contributed by atoms with Gasteiger partial charge in [0.25, 0.3) is 0 Å². The lowest BCUT2D eigenvalue weighted by Gasteiger charge is -2.08. The fourth-order valence-electron chi connectivity index (χ4n) is 2.94. The molecule has 2 aromatic carbocycles. The maximum absolute atomic E-state index is 12.7. The van der Waals surface area contributed by atoms with Crippen molar-refractivity contribution in [1.82, 2.24) is 0 Å². The molecule has 3 aromatic rings. The normalized spacial score (nSPS) is 11.0. The standard InChI is InChI=1S/C24H21Cl2NO3S/c1-3-15-5-7-16(8-6-15)19-14-31-23(22(19)24(29)30-4-2)27-21(28)12-10-17-9-11-18(25)13-20(17)26/h5-14H,3-4H2,1-2H3,(H,27,28)/b12-10+. The Morgan fingerprint density at radius 2 is 1.84 bits per heavy atom. The van der Waals surface area contributed by atoms with Crippen LogP contribution < -0.4 is 5.32 Å². The number of hydrogen-bond donors (Lipinski definition) is 1. The second-order valence-corrected chi connectivity index (χ2v) is 8.34. The predicted molar refractivity (Wildman–Crippen MR) is 129 cm³/mol. The van der Waals surface area contributed by atoms with Crippen LogP contribution >= 0.6 is 34.5 Å². The SMILES string of the molecule is CCOC(=O)c1c(-c2ccc(CC)cc2)csc1NC(=O)/C=C/c1ccc(Cl)cc1Cl. The minimum Gasteiger partial charge on any atom is -0.462 e. The van der Waals surface area contributed by atoms with Crippen LogP contribution in [0.4, 0.5) is 5.00 Å². The van der Waals surface area contributed by atoms with E-state index < -0.39 is 5.97 Å². The van der Waals surface area contributed by atoms with Crippen molar-refractivity contribution in [2.45, 2.75) is 20.3 Å². The average Bonchev–Trinajstić information content (AvgIpc) is 3.17. The molecule has 0 fully saturated rings. The topological polar surface area (TPSA) is 55.4 Å². The van der Waals surface area contributed by atoms with Crippen LogP contribution in [0.2, 0.25) is 10.0 Å². The van der Waals surface area contributed by atoms with Gasteiger partial charge in [-0.2, -0.15) is 0 Å². The van der Waals surface area contributed by atoms with Crippen molar-refractivity contribution in [1.29, 1.82) is 0 Å². The number of anilines is 1. The van der Waals surface area contributed by atoms with Gasteiger partial charge in [0.15, 0.2) is 0 Å². The molecule has 0 unspecified atom stereocenters. The fourth-order valence-corrected chi connectivity index (χ4v) is 4.38. The van der Waals surface area contributed by atoms with E-state index in [9.17, 15) is 9.59 Å². The number of carbonyl (C=O) groups is 2. The molecular weight excluding hydrogens is 453 g/mol. The van der Waals surface area contributed by atoms with Gasteiger partial charge in [-0.3, -0.25) is 4.79 Å². The van der Waals surface area contributed by atoms with Gasteiger partial charge in [-0.05, 0) is 48.2 Å². The van der Waals surface area contributed by atoms with E-state index in [1.54, 1.807) is 31.2 Å². The first-order chi connectivity index (χ1) is 14.9. The number of aryl methyl sites for hydroxylation is 1. The number of thiophene rings is 1. The molecule has 1 N–H and O–H groups in total. The van der Waals surface area contributed by atoms with E-state index in [0.717, 1.165) is 17.5 Å². The summed E-state index contributed by atoms with van der Waals surface area (Å²) in [4.78, 5) is 25.2. The van der Waals surface area contributed by atoms with Crippen LogP contribution in [-0.2, 0) is 16.0 Å². The monoisotopic (exact) mass is 473 g/mol. The smallest absolute Gasteiger partial charge is 0.341 e. The highest BCUT2D eigenvalue weighted by molar-refractivity contribution is 7.15. The van der Waals surface area contributed by atoms with Gasteiger partial charge in [0.05, 0.1) is 6.61 Å². The van der Waals surface area contributed by atoms with Crippen LogP contribution in [0.5, 0.6) is 0 Å². The molecule has 160 valence electrons. The minimum atomic E-state index is -0.474. The zero-order valence-corrected chi connectivity index (χ0v) is 19.4. The number of carbonyl (C=O) groups excluding carboxylic acids is 2. The maximum Gasteiger partial charge on any atom is 0.341 e. The molecule has 1 amide bonds. The van der Waals surface area contributed by atoms with Crippen molar-refractivity contribution in [3.8, 4) is 11.1 Å². The fraction of sp³-hybridized carbons (Fsp3) is 0.167. The van der Waals surface area contributed by atoms with E-state index in [0.29, 0.717) is 26.2 Å². The summed E-state index contributed by atoms with van der Waals surface area (Å²) in [6.45, 7) is 4.07. The molecule has 1 aromatic heterocycles. The second kappa shape index (κ2) is 10.6. The highest BCUT2D eigenvalue weighted by Gasteiger charge is 2.22.